The van der Waals surface area contributed by atoms with Crippen molar-refractivity contribution in [3.05, 3.63) is 35.9 Å². The van der Waals surface area contributed by atoms with E-state index in [-0.39, 0.29) is 14.9 Å². The molecule has 0 radical (unpaired) electrons. The predicted octanol–water partition coefficient (Wildman–Crippen LogP) is 14.3. The quantitative estimate of drug-likeness (QED) is 0.351. The van der Waals surface area contributed by atoms with Gasteiger partial charge in [-0.3, -0.25) is 0 Å². The van der Waals surface area contributed by atoms with Crippen molar-refractivity contribution < 1.29 is 0 Å². The Labute approximate surface area is 251 Å². The molecule has 0 heterocycles. The lowest BCUT2D eigenvalue weighted by atomic mass is 9.82. The highest BCUT2D eigenvalue weighted by Gasteiger charge is 2.24. The van der Waals surface area contributed by atoms with E-state index in [4.69, 9.17) is 0 Å². The van der Waals surface area contributed by atoms with Crippen LogP contribution in [0.25, 0.3) is 0 Å². The summed E-state index contributed by atoms with van der Waals surface area (Å²) in [4.78, 5) is 0. The summed E-state index contributed by atoms with van der Waals surface area (Å²) < 4.78 is 0. The maximum Gasteiger partial charge on any atom is -0.0219 e. The molecule has 236 valence electrons. The van der Waals surface area contributed by atoms with Gasteiger partial charge in [-0.1, -0.05) is 181 Å². The maximum atomic E-state index is 2.36. The zero-order chi connectivity index (χ0) is 29.2. The van der Waals surface area contributed by atoms with Crippen molar-refractivity contribution in [2.45, 2.75) is 170 Å². The van der Waals surface area contributed by atoms with Crippen LogP contribution in [0.2, 0.25) is 0 Å². The van der Waals surface area contributed by atoms with E-state index in [1.54, 1.807) is 0 Å². The van der Waals surface area contributed by atoms with Crippen LogP contribution in [0.1, 0.15) is 175 Å². The van der Waals surface area contributed by atoms with Gasteiger partial charge in [0.15, 0.2) is 0 Å². The molecule has 0 aromatic heterocycles. The van der Waals surface area contributed by atoms with E-state index in [2.05, 4.69) is 128 Å². The van der Waals surface area contributed by atoms with Gasteiger partial charge in [0, 0.05) is 0 Å². The third kappa shape index (κ3) is 28.5. The molecule has 0 nitrogen and oxygen atoms in total. The van der Waals surface area contributed by atoms with Crippen molar-refractivity contribution in [2.75, 3.05) is 0 Å². The first kappa shape index (κ1) is 45.2. The molecule has 2 aliphatic rings. The largest absolute Gasteiger partial charge is 0.0776 e. The third-order valence-electron chi connectivity index (χ3n) is 8.69. The van der Waals surface area contributed by atoms with Gasteiger partial charge in [-0.05, 0) is 71.2 Å². The summed E-state index contributed by atoms with van der Waals surface area (Å²) in [5.74, 6) is 7.22. The Bertz CT molecular complexity index is 572. The van der Waals surface area contributed by atoms with E-state index < -0.39 is 0 Å². The minimum Gasteiger partial charge on any atom is -0.0776 e. The number of hydrogen-bond acceptors (Lipinski definition) is 0. The second-order valence-electron chi connectivity index (χ2n) is 14.8. The third-order valence-corrected chi connectivity index (χ3v) is 8.69. The molecule has 0 amide bonds. The van der Waals surface area contributed by atoms with Crippen LogP contribution in [0.5, 0.6) is 0 Å². The summed E-state index contributed by atoms with van der Waals surface area (Å²) in [6.07, 6.45) is 10.5. The van der Waals surface area contributed by atoms with Crippen LogP contribution < -0.4 is 0 Å². The number of rotatable bonds is 4. The van der Waals surface area contributed by atoms with Crippen LogP contribution in [0.3, 0.4) is 0 Å². The average Bonchev–Trinajstić information content (AvgIpc) is 3.67. The van der Waals surface area contributed by atoms with Gasteiger partial charge in [0.25, 0.3) is 0 Å². The molecule has 2 aliphatic carbocycles. The smallest absolute Gasteiger partial charge is 0.0219 e. The highest BCUT2D eigenvalue weighted by Crippen LogP contribution is 2.35. The highest BCUT2D eigenvalue weighted by molar-refractivity contribution is 5.17. The molecule has 3 rings (SSSR count). The van der Waals surface area contributed by atoms with Gasteiger partial charge in [-0.15, -0.1) is 0 Å². The maximum absolute atomic E-state index is 2.36. The van der Waals surface area contributed by atoms with E-state index in [0.717, 1.165) is 41.4 Å². The van der Waals surface area contributed by atoms with Gasteiger partial charge >= 0.3 is 0 Å². The molecule has 2 fully saturated rings. The highest BCUT2D eigenvalue weighted by atomic mass is 14.3. The van der Waals surface area contributed by atoms with E-state index in [1.165, 1.54) is 50.5 Å². The molecule has 0 atom stereocenters. The Hall–Kier alpha value is -0.780. The lowest BCUT2D eigenvalue weighted by Crippen LogP contribution is -2.12. The Morgan fingerprint density at radius 3 is 1.03 bits per heavy atom. The molecule has 1 aromatic carbocycles. The molecule has 0 spiro atoms. The lowest BCUT2D eigenvalue weighted by molar-refractivity contribution is 0.279. The van der Waals surface area contributed by atoms with Gasteiger partial charge in [-0.25, -0.2) is 0 Å². The summed E-state index contributed by atoms with van der Waals surface area (Å²) in [6, 6.07) is 10.5. The summed E-state index contributed by atoms with van der Waals surface area (Å²) in [5.41, 5.74) is 1.91. The zero-order valence-electron chi connectivity index (χ0n) is 28.5. The molecule has 0 unspecified atom stereocenters. The number of benzene rings is 1. The van der Waals surface area contributed by atoms with Gasteiger partial charge in [0.1, 0.15) is 0 Å². The molecular weight excluding hydrogens is 468 g/mol. The SMILES string of the molecule is C.C.CC(C)C(C)(C)C.CC(C)C(C)C.CC(C)C1CC1.CC(C)C1CCCCC1.CC(C)c1ccccc1. The van der Waals surface area contributed by atoms with Crippen molar-refractivity contribution in [1.82, 2.24) is 0 Å². The van der Waals surface area contributed by atoms with Crippen LogP contribution in [0.15, 0.2) is 30.3 Å². The number of hydrogen-bond donors (Lipinski definition) is 0. The van der Waals surface area contributed by atoms with Gasteiger partial charge in [-0.2, -0.15) is 0 Å². The lowest BCUT2D eigenvalue weighted by Gasteiger charge is -2.24. The Morgan fingerprint density at radius 1 is 0.538 bits per heavy atom. The van der Waals surface area contributed by atoms with Crippen molar-refractivity contribution in [3.8, 4) is 0 Å². The van der Waals surface area contributed by atoms with Crippen molar-refractivity contribution in [3.63, 3.8) is 0 Å². The van der Waals surface area contributed by atoms with Gasteiger partial charge < -0.3 is 0 Å². The van der Waals surface area contributed by atoms with Crippen LogP contribution in [0, 0.1) is 46.8 Å². The standard InChI is InChI=1S/C9H18.C9H12.C7H16.C6H12.C6H14.2CH4/c2*1-8(2)9-6-4-3-5-7-9;1-6(2)7(3,4)5;1-5(2)6-3-4-6;1-5(2)6(3)4;;/h8-9H,3-7H2,1-2H3;3-8H,1-2H3;6H,1-5H3;5-6H,3-4H2,1-2H3;5-6H,1-4H3;2*1H4. The fourth-order valence-electron chi connectivity index (χ4n) is 3.40. The van der Waals surface area contributed by atoms with E-state index >= 15 is 0 Å². The topological polar surface area (TPSA) is 0 Å². The minimum absolute atomic E-state index is 0. The molecule has 0 heteroatoms. The molecule has 1 aromatic rings. The molecule has 0 bridgehead atoms. The van der Waals surface area contributed by atoms with Crippen LogP contribution in [-0.4, -0.2) is 0 Å². The summed E-state index contributed by atoms with van der Waals surface area (Å²) in [6.45, 7) is 34.0. The normalized spacial score (nSPS) is 15.1. The van der Waals surface area contributed by atoms with Gasteiger partial charge in [0.2, 0.25) is 0 Å². The summed E-state index contributed by atoms with van der Waals surface area (Å²) in [5, 5.41) is 0. The molecule has 0 aliphatic heterocycles. The molecule has 0 N–H and O–H groups in total. The van der Waals surface area contributed by atoms with Gasteiger partial charge in [0.05, 0.1) is 0 Å². The zero-order valence-corrected chi connectivity index (χ0v) is 28.5. The fourth-order valence-corrected chi connectivity index (χ4v) is 3.40. The average molecular weight is 549 g/mol. The monoisotopic (exact) mass is 549 g/mol. The van der Waals surface area contributed by atoms with E-state index in [1.807, 2.05) is 6.07 Å². The van der Waals surface area contributed by atoms with E-state index in [9.17, 15) is 0 Å². The van der Waals surface area contributed by atoms with E-state index in [0.29, 0.717) is 11.3 Å². The fraction of sp³-hybridized carbons (Fsp3) is 0.846. The second-order valence-corrected chi connectivity index (χ2v) is 14.8. The first-order valence-electron chi connectivity index (χ1n) is 16.0. The first-order valence-corrected chi connectivity index (χ1v) is 16.0. The van der Waals surface area contributed by atoms with Crippen LogP contribution in [0.4, 0.5) is 0 Å². The molecule has 0 saturated heterocycles. The summed E-state index contributed by atoms with van der Waals surface area (Å²) >= 11 is 0. The van der Waals surface area contributed by atoms with Crippen molar-refractivity contribution in [1.29, 1.82) is 0 Å². The second kappa shape index (κ2) is 25.0. The van der Waals surface area contributed by atoms with Crippen molar-refractivity contribution >= 4 is 0 Å². The molecular formula is C39H80. The first-order chi connectivity index (χ1) is 17.0. The predicted molar refractivity (Wildman–Crippen MR) is 187 cm³/mol. The Kier molecular flexibility index (Phi) is 29.0. The Balaban J connectivity index is -0.000000196. The molecule has 39 heavy (non-hydrogen) atoms. The van der Waals surface area contributed by atoms with Crippen LogP contribution in [-0.2, 0) is 0 Å². The minimum atomic E-state index is 0. The summed E-state index contributed by atoms with van der Waals surface area (Å²) in [7, 11) is 0. The Morgan fingerprint density at radius 2 is 0.872 bits per heavy atom. The molecule has 2 saturated carbocycles. The van der Waals surface area contributed by atoms with Crippen molar-refractivity contribution in [2.24, 2.45) is 46.8 Å². The van der Waals surface area contributed by atoms with Crippen LogP contribution >= 0.6 is 0 Å².